The summed E-state index contributed by atoms with van der Waals surface area (Å²) in [7, 11) is 0. The van der Waals surface area contributed by atoms with Gasteiger partial charge in [0.2, 0.25) is 0 Å². The van der Waals surface area contributed by atoms with Gasteiger partial charge in [0.05, 0.1) is 11.6 Å². The van der Waals surface area contributed by atoms with Gasteiger partial charge in [0, 0.05) is 37.7 Å². The van der Waals surface area contributed by atoms with Gasteiger partial charge in [0.25, 0.3) is 5.56 Å². The summed E-state index contributed by atoms with van der Waals surface area (Å²) >= 11 is 0. The maximum absolute atomic E-state index is 13.4. The second kappa shape index (κ2) is 9.49. The Morgan fingerprint density at radius 2 is 1.76 bits per heavy atom. The summed E-state index contributed by atoms with van der Waals surface area (Å²) in [6, 6.07) is 19.8. The van der Waals surface area contributed by atoms with Crippen LogP contribution in [0.5, 0.6) is 0 Å². The fourth-order valence-electron chi connectivity index (χ4n) is 5.71. The maximum atomic E-state index is 13.4. The highest BCUT2D eigenvalue weighted by atomic mass is 16.6. The highest BCUT2D eigenvalue weighted by Crippen LogP contribution is 2.42. The molecule has 2 aromatic carbocycles. The van der Waals surface area contributed by atoms with Crippen molar-refractivity contribution in [3.8, 4) is 11.1 Å². The van der Waals surface area contributed by atoms with E-state index in [1.54, 1.807) is 24.8 Å². The molecule has 1 saturated heterocycles. The third kappa shape index (κ3) is 5.21. The quantitative estimate of drug-likeness (QED) is 0.424. The molecule has 6 nitrogen and oxygen atoms in total. The molecule has 194 valence electrons. The fraction of sp³-hybridized carbons (Fsp3) is 0.419. The minimum atomic E-state index is -0.990. The number of nitrogens with zero attached hydrogens (tertiary/aromatic N) is 2. The van der Waals surface area contributed by atoms with Crippen molar-refractivity contribution in [2.45, 2.75) is 76.7 Å². The van der Waals surface area contributed by atoms with Crippen LogP contribution in [0.3, 0.4) is 0 Å². The SMILES string of the molecule is Cc1cc(-c2ccn(C3CC3)c(=O)c2)ccc1[C@H](C)N1CCC(CC(C)(C)O)(c2ccccc2)OC1=O. The zero-order valence-corrected chi connectivity index (χ0v) is 22.1. The molecule has 0 spiro atoms. The largest absolute Gasteiger partial charge is 0.438 e. The molecular weight excluding hydrogens is 464 g/mol. The Hall–Kier alpha value is -3.38. The average molecular weight is 501 g/mol. The molecule has 0 bridgehead atoms. The summed E-state index contributed by atoms with van der Waals surface area (Å²) in [6.45, 7) is 8.08. The first-order valence-corrected chi connectivity index (χ1v) is 13.2. The number of aliphatic hydroxyl groups is 1. The van der Waals surface area contributed by atoms with Crippen LogP contribution in [0.2, 0.25) is 0 Å². The summed E-state index contributed by atoms with van der Waals surface area (Å²) in [5, 5.41) is 10.6. The van der Waals surface area contributed by atoms with Gasteiger partial charge >= 0.3 is 6.09 Å². The zero-order valence-electron chi connectivity index (χ0n) is 22.1. The van der Waals surface area contributed by atoms with Crippen molar-refractivity contribution >= 4 is 6.09 Å². The average Bonchev–Trinajstić information content (AvgIpc) is 3.68. The summed E-state index contributed by atoms with van der Waals surface area (Å²) < 4.78 is 7.98. The van der Waals surface area contributed by atoms with Crippen molar-refractivity contribution in [3.63, 3.8) is 0 Å². The van der Waals surface area contributed by atoms with Gasteiger partial charge in [0.15, 0.2) is 0 Å². The van der Waals surface area contributed by atoms with Crippen molar-refractivity contribution in [3.05, 3.63) is 93.9 Å². The van der Waals surface area contributed by atoms with Crippen molar-refractivity contribution in [1.82, 2.24) is 9.47 Å². The lowest BCUT2D eigenvalue weighted by molar-refractivity contribution is -0.101. The Kier molecular flexibility index (Phi) is 6.48. The number of pyridine rings is 1. The summed E-state index contributed by atoms with van der Waals surface area (Å²) in [5.41, 5.74) is 3.08. The molecule has 1 saturated carbocycles. The molecule has 37 heavy (non-hydrogen) atoms. The molecule has 1 amide bonds. The van der Waals surface area contributed by atoms with Crippen molar-refractivity contribution in [2.75, 3.05) is 6.54 Å². The van der Waals surface area contributed by atoms with Gasteiger partial charge in [-0.25, -0.2) is 4.79 Å². The van der Waals surface area contributed by atoms with E-state index in [2.05, 4.69) is 6.07 Å². The molecular formula is C31H36N2O4. The molecule has 1 unspecified atom stereocenters. The first kappa shape index (κ1) is 25.3. The van der Waals surface area contributed by atoms with Crippen LogP contribution in [-0.2, 0) is 10.3 Å². The van der Waals surface area contributed by atoms with Crippen molar-refractivity contribution in [1.29, 1.82) is 0 Å². The molecule has 2 atom stereocenters. The van der Waals surface area contributed by atoms with Gasteiger partial charge in [0.1, 0.15) is 5.60 Å². The Morgan fingerprint density at radius 3 is 2.35 bits per heavy atom. The van der Waals surface area contributed by atoms with Gasteiger partial charge in [-0.05, 0) is 74.4 Å². The number of carbonyl (C=O) groups is 1. The minimum absolute atomic E-state index is 0.0408. The van der Waals surface area contributed by atoms with Crippen LogP contribution in [0.1, 0.15) is 75.2 Å². The monoisotopic (exact) mass is 500 g/mol. The molecule has 3 aromatic rings. The second-order valence-corrected chi connectivity index (χ2v) is 11.3. The normalized spacial score (nSPS) is 21.0. The highest BCUT2D eigenvalue weighted by Gasteiger charge is 2.46. The van der Waals surface area contributed by atoms with Crippen LogP contribution in [0.4, 0.5) is 4.79 Å². The van der Waals surface area contributed by atoms with E-state index < -0.39 is 11.2 Å². The van der Waals surface area contributed by atoms with Crippen LogP contribution in [0.25, 0.3) is 11.1 Å². The summed E-state index contributed by atoms with van der Waals surface area (Å²) in [4.78, 5) is 27.7. The number of carbonyl (C=O) groups excluding carboxylic acids is 1. The first-order chi connectivity index (χ1) is 17.6. The molecule has 2 heterocycles. The van der Waals surface area contributed by atoms with Gasteiger partial charge in [-0.15, -0.1) is 0 Å². The van der Waals surface area contributed by atoms with Gasteiger partial charge in [-0.1, -0.05) is 48.5 Å². The predicted molar refractivity (Wildman–Crippen MR) is 144 cm³/mol. The third-order valence-electron chi connectivity index (χ3n) is 7.70. The standard InChI is InChI=1S/C31H36N2O4/c1-21-18-23(24-14-16-33(26-11-12-26)28(34)19-24)10-13-27(21)22(2)32-17-15-31(37-29(32)35,20-30(3,4)36)25-8-6-5-7-9-25/h5-10,13-14,16,18-19,22,26,36H,11-12,15,17,20H2,1-4H3/t22-,31?/m0/s1. The molecule has 5 rings (SSSR count). The number of aryl methyl sites for hydroxylation is 1. The number of benzene rings is 2. The maximum Gasteiger partial charge on any atom is 0.411 e. The van der Waals surface area contributed by atoms with Crippen molar-refractivity contribution in [2.24, 2.45) is 0 Å². The lowest BCUT2D eigenvalue weighted by Gasteiger charge is -2.45. The summed E-state index contributed by atoms with van der Waals surface area (Å²) in [5.74, 6) is 0. The van der Waals surface area contributed by atoms with Gasteiger partial charge in [-0.3, -0.25) is 4.79 Å². The Labute approximate surface area is 218 Å². The lowest BCUT2D eigenvalue weighted by Crippen LogP contribution is -2.51. The van der Waals surface area contributed by atoms with E-state index >= 15 is 0 Å². The lowest BCUT2D eigenvalue weighted by atomic mass is 9.80. The van der Waals surface area contributed by atoms with E-state index in [9.17, 15) is 14.7 Å². The fourth-order valence-corrected chi connectivity index (χ4v) is 5.71. The van der Waals surface area contributed by atoms with E-state index in [0.717, 1.165) is 40.7 Å². The number of amides is 1. The molecule has 2 fully saturated rings. The molecule has 1 aliphatic carbocycles. The van der Waals surface area contributed by atoms with E-state index in [0.29, 0.717) is 25.4 Å². The van der Waals surface area contributed by atoms with Crippen molar-refractivity contribution < 1.29 is 14.6 Å². The van der Waals surface area contributed by atoms with Crippen LogP contribution in [0.15, 0.2) is 71.7 Å². The Balaban J connectivity index is 1.36. The van der Waals surface area contributed by atoms with E-state index in [4.69, 9.17) is 4.74 Å². The Bertz CT molecular complexity index is 1350. The van der Waals surface area contributed by atoms with E-state index in [-0.39, 0.29) is 17.7 Å². The number of hydrogen-bond acceptors (Lipinski definition) is 4. The second-order valence-electron chi connectivity index (χ2n) is 11.3. The number of rotatable bonds is 7. The first-order valence-electron chi connectivity index (χ1n) is 13.2. The zero-order chi connectivity index (χ0) is 26.4. The van der Waals surface area contributed by atoms with Gasteiger partial charge in [-0.2, -0.15) is 0 Å². The number of cyclic esters (lactones) is 1. The molecule has 2 aliphatic rings. The number of aromatic nitrogens is 1. The van der Waals surface area contributed by atoms with Crippen LogP contribution in [0, 0.1) is 6.92 Å². The topological polar surface area (TPSA) is 71.8 Å². The van der Waals surface area contributed by atoms with Crippen LogP contribution >= 0.6 is 0 Å². The molecule has 1 aromatic heterocycles. The van der Waals surface area contributed by atoms with Gasteiger partial charge < -0.3 is 19.3 Å². The van der Waals surface area contributed by atoms with E-state index in [1.165, 1.54) is 0 Å². The predicted octanol–water partition coefficient (Wildman–Crippen LogP) is 6.12. The minimum Gasteiger partial charge on any atom is -0.438 e. The van der Waals surface area contributed by atoms with E-state index in [1.807, 2.05) is 73.1 Å². The summed E-state index contributed by atoms with van der Waals surface area (Å²) in [6.07, 6.45) is 4.59. The smallest absolute Gasteiger partial charge is 0.411 e. The molecule has 1 N–H and O–H groups in total. The number of hydrogen-bond donors (Lipinski definition) is 1. The molecule has 6 heteroatoms. The van der Waals surface area contributed by atoms with Crippen LogP contribution < -0.4 is 5.56 Å². The van der Waals surface area contributed by atoms with Crippen LogP contribution in [-0.4, -0.2) is 32.8 Å². The Morgan fingerprint density at radius 1 is 1.05 bits per heavy atom. The molecule has 1 aliphatic heterocycles. The third-order valence-corrected chi connectivity index (χ3v) is 7.70. The number of ether oxygens (including phenoxy) is 1. The molecule has 0 radical (unpaired) electrons. The highest BCUT2D eigenvalue weighted by molar-refractivity contribution is 5.71.